The van der Waals surface area contributed by atoms with Gasteiger partial charge in [0.2, 0.25) is 0 Å². The van der Waals surface area contributed by atoms with Gasteiger partial charge < -0.3 is 19.1 Å². The lowest BCUT2D eigenvalue weighted by atomic mass is 9.82. The van der Waals surface area contributed by atoms with Gasteiger partial charge in [-0.05, 0) is 38.5 Å². The van der Waals surface area contributed by atoms with Gasteiger partial charge in [-0.25, -0.2) is 13.6 Å². The minimum atomic E-state index is -0.943. The maximum atomic E-state index is 13.6. The highest BCUT2D eigenvalue weighted by atomic mass is 19.1. The van der Waals surface area contributed by atoms with Crippen molar-refractivity contribution >= 4 is 6.09 Å². The molecule has 1 aromatic carbocycles. The molecule has 0 N–H and O–H groups in total. The average Bonchev–Trinajstić information content (AvgIpc) is 2.88. The van der Waals surface area contributed by atoms with Gasteiger partial charge in [-0.15, -0.1) is 0 Å². The maximum absolute atomic E-state index is 13.6. The van der Waals surface area contributed by atoms with Crippen molar-refractivity contribution in [1.82, 2.24) is 4.90 Å². The molecule has 0 spiro atoms. The standard InChI is InChI=1S/C17H21F2NO4/c1-16(2,3)24-15(21)20-5-4-17(14(9-20)22-10-23-17)11-6-12(18)8-13(19)7-11/h6-8,14H,4-5,9-10H2,1-3H3/t14-,17-/m1/s1. The van der Waals surface area contributed by atoms with Crippen molar-refractivity contribution in [2.24, 2.45) is 0 Å². The lowest BCUT2D eigenvalue weighted by Crippen LogP contribution is -2.54. The summed E-state index contributed by atoms with van der Waals surface area (Å²) in [6.07, 6.45) is -0.559. The summed E-state index contributed by atoms with van der Waals surface area (Å²) in [6, 6.07) is 3.34. The van der Waals surface area contributed by atoms with Crippen molar-refractivity contribution in [3.63, 3.8) is 0 Å². The average molecular weight is 341 g/mol. The zero-order valence-electron chi connectivity index (χ0n) is 14.0. The maximum Gasteiger partial charge on any atom is 0.410 e. The fraction of sp³-hybridized carbons (Fsp3) is 0.588. The molecule has 2 atom stereocenters. The van der Waals surface area contributed by atoms with Gasteiger partial charge in [0.15, 0.2) is 0 Å². The fourth-order valence-corrected chi connectivity index (χ4v) is 3.18. The van der Waals surface area contributed by atoms with Crippen LogP contribution in [-0.2, 0) is 19.8 Å². The van der Waals surface area contributed by atoms with Crippen LogP contribution in [0, 0.1) is 11.6 Å². The second-order valence-electron chi connectivity index (χ2n) is 7.14. The Morgan fingerprint density at radius 1 is 1.29 bits per heavy atom. The number of fused-ring (bicyclic) bond motifs is 1. The van der Waals surface area contributed by atoms with Crippen LogP contribution in [0.4, 0.5) is 13.6 Å². The molecule has 24 heavy (non-hydrogen) atoms. The van der Waals surface area contributed by atoms with Crippen molar-refractivity contribution in [3.8, 4) is 0 Å². The molecule has 0 aromatic heterocycles. The van der Waals surface area contributed by atoms with Crippen molar-refractivity contribution in [3.05, 3.63) is 35.4 Å². The summed E-state index contributed by atoms with van der Waals surface area (Å²) in [7, 11) is 0. The van der Waals surface area contributed by atoms with Gasteiger partial charge in [-0.2, -0.15) is 0 Å². The van der Waals surface area contributed by atoms with Crippen LogP contribution in [0.15, 0.2) is 18.2 Å². The van der Waals surface area contributed by atoms with E-state index < -0.39 is 35.0 Å². The second kappa shape index (κ2) is 5.97. The van der Waals surface area contributed by atoms with E-state index in [9.17, 15) is 13.6 Å². The zero-order valence-corrected chi connectivity index (χ0v) is 14.0. The number of ether oxygens (including phenoxy) is 3. The van der Waals surface area contributed by atoms with Crippen molar-refractivity contribution < 1.29 is 27.8 Å². The van der Waals surface area contributed by atoms with E-state index in [-0.39, 0.29) is 13.3 Å². The van der Waals surface area contributed by atoms with Gasteiger partial charge in [0, 0.05) is 19.0 Å². The van der Waals surface area contributed by atoms with Gasteiger partial charge in [-0.1, -0.05) is 0 Å². The predicted molar refractivity (Wildman–Crippen MR) is 81.3 cm³/mol. The number of piperidine rings is 1. The summed E-state index contributed by atoms with van der Waals surface area (Å²) in [4.78, 5) is 13.8. The Balaban J connectivity index is 1.81. The molecule has 3 rings (SSSR count). The van der Waals surface area contributed by atoms with Gasteiger partial charge in [0.1, 0.15) is 35.7 Å². The van der Waals surface area contributed by atoms with E-state index in [1.807, 2.05) is 0 Å². The highest BCUT2D eigenvalue weighted by Gasteiger charge is 2.51. The summed E-state index contributed by atoms with van der Waals surface area (Å²) < 4.78 is 43.9. The van der Waals surface area contributed by atoms with Crippen LogP contribution in [0.25, 0.3) is 0 Å². The van der Waals surface area contributed by atoms with Gasteiger partial charge in [0.25, 0.3) is 0 Å². The molecule has 2 aliphatic heterocycles. The number of hydrogen-bond donors (Lipinski definition) is 0. The van der Waals surface area contributed by atoms with Gasteiger partial charge in [0.05, 0.1) is 6.54 Å². The molecule has 0 bridgehead atoms. The predicted octanol–water partition coefficient (Wildman–Crippen LogP) is 3.17. The number of carbonyl (C=O) groups is 1. The van der Waals surface area contributed by atoms with E-state index in [1.54, 1.807) is 25.7 Å². The number of benzene rings is 1. The number of halogens is 2. The smallest absolute Gasteiger partial charge is 0.410 e. The normalized spacial score (nSPS) is 27.0. The Hall–Kier alpha value is -1.73. The van der Waals surface area contributed by atoms with E-state index in [0.29, 0.717) is 18.5 Å². The molecule has 132 valence electrons. The largest absolute Gasteiger partial charge is 0.444 e. The second-order valence-corrected chi connectivity index (χ2v) is 7.14. The number of likely N-dealkylation sites (tertiary alicyclic amines) is 1. The molecule has 0 unspecified atom stereocenters. The zero-order chi connectivity index (χ0) is 17.5. The van der Waals surface area contributed by atoms with E-state index in [2.05, 4.69) is 0 Å². The Kier molecular flexibility index (Phi) is 4.25. The van der Waals surface area contributed by atoms with Crippen LogP contribution >= 0.6 is 0 Å². The molecule has 2 heterocycles. The first-order valence-electron chi connectivity index (χ1n) is 7.90. The molecular weight excluding hydrogens is 320 g/mol. The highest BCUT2D eigenvalue weighted by molar-refractivity contribution is 5.68. The molecule has 5 nitrogen and oxygen atoms in total. The summed E-state index contributed by atoms with van der Waals surface area (Å²) in [6.45, 7) is 6.00. The first-order valence-corrected chi connectivity index (χ1v) is 7.90. The molecule has 2 fully saturated rings. The number of rotatable bonds is 1. The molecule has 0 radical (unpaired) electrons. The Morgan fingerprint density at radius 3 is 2.58 bits per heavy atom. The fourth-order valence-electron chi connectivity index (χ4n) is 3.18. The van der Waals surface area contributed by atoms with E-state index in [0.717, 1.165) is 6.07 Å². The summed E-state index contributed by atoms with van der Waals surface area (Å²) in [5.74, 6) is -1.33. The minimum Gasteiger partial charge on any atom is -0.444 e. The quantitative estimate of drug-likeness (QED) is 0.787. The number of nitrogens with zero attached hydrogens (tertiary/aromatic N) is 1. The summed E-state index contributed by atoms with van der Waals surface area (Å²) >= 11 is 0. The first kappa shape index (κ1) is 17.1. The lowest BCUT2D eigenvalue weighted by Gasteiger charge is -2.42. The van der Waals surface area contributed by atoms with Gasteiger partial charge in [-0.3, -0.25) is 0 Å². The van der Waals surface area contributed by atoms with E-state index in [4.69, 9.17) is 14.2 Å². The number of hydrogen-bond acceptors (Lipinski definition) is 4. The molecule has 7 heteroatoms. The van der Waals surface area contributed by atoms with Crippen LogP contribution in [0.1, 0.15) is 32.8 Å². The molecule has 2 saturated heterocycles. The van der Waals surface area contributed by atoms with Gasteiger partial charge >= 0.3 is 6.09 Å². The molecule has 2 aliphatic rings. The first-order chi connectivity index (χ1) is 11.2. The van der Waals surface area contributed by atoms with Crippen LogP contribution in [-0.4, -0.2) is 42.6 Å². The third kappa shape index (κ3) is 3.23. The molecule has 0 aliphatic carbocycles. The molecule has 0 saturated carbocycles. The van der Waals surface area contributed by atoms with E-state index in [1.165, 1.54) is 12.1 Å². The van der Waals surface area contributed by atoms with Crippen LogP contribution in [0.2, 0.25) is 0 Å². The third-order valence-electron chi connectivity index (χ3n) is 4.25. The molecule has 1 aromatic rings. The third-order valence-corrected chi connectivity index (χ3v) is 4.25. The minimum absolute atomic E-state index is 0.0188. The van der Waals surface area contributed by atoms with E-state index >= 15 is 0 Å². The molecular formula is C17H21F2NO4. The Morgan fingerprint density at radius 2 is 1.96 bits per heavy atom. The monoisotopic (exact) mass is 341 g/mol. The highest BCUT2D eigenvalue weighted by Crippen LogP contribution is 2.43. The van der Waals surface area contributed by atoms with Crippen LogP contribution in [0.5, 0.6) is 0 Å². The number of amides is 1. The lowest BCUT2D eigenvalue weighted by molar-refractivity contribution is -0.0540. The summed E-state index contributed by atoms with van der Waals surface area (Å²) in [5.41, 5.74) is -1.14. The topological polar surface area (TPSA) is 48.0 Å². The van der Waals surface area contributed by atoms with Crippen LogP contribution in [0.3, 0.4) is 0 Å². The van der Waals surface area contributed by atoms with Crippen LogP contribution < -0.4 is 0 Å². The summed E-state index contributed by atoms with van der Waals surface area (Å²) in [5, 5.41) is 0. The SMILES string of the molecule is CC(C)(C)OC(=O)N1CC[C@]2(c3cc(F)cc(F)c3)OCO[C@@H]2C1. The molecule has 1 amide bonds. The Bertz CT molecular complexity index is 626. The Labute approximate surface area is 139 Å². The van der Waals surface area contributed by atoms with Crippen molar-refractivity contribution in [2.75, 3.05) is 19.9 Å². The van der Waals surface area contributed by atoms with Crippen molar-refractivity contribution in [2.45, 2.75) is 44.5 Å². The number of carbonyl (C=O) groups excluding carboxylic acids is 1. The van der Waals surface area contributed by atoms with Crippen molar-refractivity contribution in [1.29, 1.82) is 0 Å².